The Morgan fingerprint density at radius 1 is 1.62 bits per heavy atom. The highest BCUT2D eigenvalue weighted by Crippen LogP contribution is 2.17. The summed E-state index contributed by atoms with van der Waals surface area (Å²) < 4.78 is 2.17. The number of amides is 1. The van der Waals surface area contributed by atoms with E-state index in [-0.39, 0.29) is 17.9 Å². The molecule has 1 aliphatic rings. The monoisotopic (exact) mass is 303 g/mol. The summed E-state index contributed by atoms with van der Waals surface area (Å²) in [6.07, 6.45) is 4.82. The minimum Gasteiger partial charge on any atom is -0.351 e. The maximum atomic E-state index is 12.3. The SMILES string of the molecule is Cc1cn2c(n1)CCC(NC(=O)C(C)Cc1cccs1)C2. The van der Waals surface area contributed by atoms with E-state index in [2.05, 4.69) is 32.5 Å². The van der Waals surface area contributed by atoms with E-state index in [4.69, 9.17) is 0 Å². The van der Waals surface area contributed by atoms with Gasteiger partial charge in [-0.2, -0.15) is 0 Å². The predicted molar refractivity (Wildman–Crippen MR) is 84.4 cm³/mol. The van der Waals surface area contributed by atoms with Crippen molar-refractivity contribution >= 4 is 17.2 Å². The van der Waals surface area contributed by atoms with Gasteiger partial charge in [-0.25, -0.2) is 4.98 Å². The largest absolute Gasteiger partial charge is 0.351 e. The van der Waals surface area contributed by atoms with Crippen LogP contribution in [0.2, 0.25) is 0 Å². The highest BCUT2D eigenvalue weighted by Gasteiger charge is 2.23. The lowest BCUT2D eigenvalue weighted by molar-refractivity contribution is -0.125. The molecule has 4 nitrogen and oxygen atoms in total. The van der Waals surface area contributed by atoms with Crippen LogP contribution in [0.5, 0.6) is 0 Å². The molecule has 0 radical (unpaired) electrons. The summed E-state index contributed by atoms with van der Waals surface area (Å²) in [5.41, 5.74) is 1.06. The molecule has 2 unspecified atom stereocenters. The van der Waals surface area contributed by atoms with Crippen LogP contribution in [0.3, 0.4) is 0 Å². The van der Waals surface area contributed by atoms with Gasteiger partial charge in [0.25, 0.3) is 0 Å². The van der Waals surface area contributed by atoms with Crippen LogP contribution < -0.4 is 5.32 Å². The Balaban J connectivity index is 1.56. The topological polar surface area (TPSA) is 46.9 Å². The second-order valence-corrected chi connectivity index (χ2v) is 6.91. The molecule has 21 heavy (non-hydrogen) atoms. The smallest absolute Gasteiger partial charge is 0.223 e. The average Bonchev–Trinajstić information content (AvgIpc) is 3.06. The number of carbonyl (C=O) groups excluding carboxylic acids is 1. The molecule has 1 amide bonds. The summed E-state index contributed by atoms with van der Waals surface area (Å²) >= 11 is 1.72. The second-order valence-electron chi connectivity index (χ2n) is 5.88. The van der Waals surface area contributed by atoms with E-state index < -0.39 is 0 Å². The Labute approximate surface area is 129 Å². The molecule has 5 heteroatoms. The van der Waals surface area contributed by atoms with Crippen LogP contribution >= 0.6 is 11.3 Å². The number of nitrogens with one attached hydrogen (secondary N) is 1. The molecule has 0 saturated carbocycles. The number of rotatable bonds is 4. The Morgan fingerprint density at radius 3 is 3.24 bits per heavy atom. The zero-order valence-electron chi connectivity index (χ0n) is 12.5. The van der Waals surface area contributed by atoms with E-state index in [1.807, 2.05) is 19.9 Å². The fourth-order valence-corrected chi connectivity index (χ4v) is 3.71. The van der Waals surface area contributed by atoms with Gasteiger partial charge in [0.1, 0.15) is 5.82 Å². The van der Waals surface area contributed by atoms with Gasteiger partial charge >= 0.3 is 0 Å². The van der Waals surface area contributed by atoms with Crippen molar-refractivity contribution in [1.29, 1.82) is 0 Å². The number of carbonyl (C=O) groups is 1. The van der Waals surface area contributed by atoms with E-state index in [9.17, 15) is 4.79 Å². The third-order valence-corrected chi connectivity index (χ3v) is 4.89. The number of aryl methyl sites for hydroxylation is 2. The molecule has 3 heterocycles. The van der Waals surface area contributed by atoms with Gasteiger partial charge in [-0.1, -0.05) is 13.0 Å². The van der Waals surface area contributed by atoms with Gasteiger partial charge < -0.3 is 9.88 Å². The van der Waals surface area contributed by atoms with Crippen molar-refractivity contribution in [1.82, 2.24) is 14.9 Å². The third kappa shape index (κ3) is 3.35. The Hall–Kier alpha value is -1.62. The molecule has 3 rings (SSSR count). The van der Waals surface area contributed by atoms with Crippen molar-refractivity contribution in [2.75, 3.05) is 0 Å². The highest BCUT2D eigenvalue weighted by molar-refractivity contribution is 7.09. The molecule has 2 aromatic rings. The molecule has 2 aromatic heterocycles. The van der Waals surface area contributed by atoms with E-state index in [1.165, 1.54) is 4.88 Å². The molecule has 0 aliphatic carbocycles. The minimum absolute atomic E-state index is 0.0228. The van der Waals surface area contributed by atoms with E-state index in [1.54, 1.807) is 11.3 Å². The summed E-state index contributed by atoms with van der Waals surface area (Å²) in [7, 11) is 0. The zero-order chi connectivity index (χ0) is 14.8. The molecule has 0 spiro atoms. The van der Waals surface area contributed by atoms with E-state index >= 15 is 0 Å². The third-order valence-electron chi connectivity index (χ3n) is 3.99. The Bertz CT molecular complexity index is 618. The fraction of sp³-hybridized carbons (Fsp3) is 0.500. The molecular weight excluding hydrogens is 282 g/mol. The number of imidazole rings is 1. The normalized spacial score (nSPS) is 19.0. The molecule has 0 bridgehead atoms. The first kappa shape index (κ1) is 14.3. The summed E-state index contributed by atoms with van der Waals surface area (Å²) in [6, 6.07) is 4.36. The first-order chi connectivity index (χ1) is 10.1. The molecular formula is C16H21N3OS. The quantitative estimate of drug-likeness (QED) is 0.943. The average molecular weight is 303 g/mol. The summed E-state index contributed by atoms with van der Waals surface area (Å²) in [5.74, 6) is 1.33. The molecule has 0 fully saturated rings. The Morgan fingerprint density at radius 2 is 2.48 bits per heavy atom. The number of fused-ring (bicyclic) bond motifs is 1. The first-order valence-corrected chi connectivity index (χ1v) is 8.35. The van der Waals surface area contributed by atoms with Crippen molar-refractivity contribution in [2.45, 2.75) is 45.7 Å². The molecule has 2 atom stereocenters. The van der Waals surface area contributed by atoms with Crippen molar-refractivity contribution in [3.63, 3.8) is 0 Å². The lowest BCUT2D eigenvalue weighted by atomic mass is 10.0. The highest BCUT2D eigenvalue weighted by atomic mass is 32.1. The van der Waals surface area contributed by atoms with Crippen LogP contribution in [-0.4, -0.2) is 21.5 Å². The van der Waals surface area contributed by atoms with Crippen LogP contribution in [0.15, 0.2) is 23.7 Å². The maximum absolute atomic E-state index is 12.3. The number of aromatic nitrogens is 2. The van der Waals surface area contributed by atoms with Gasteiger partial charge in [0.05, 0.1) is 5.69 Å². The minimum atomic E-state index is 0.0228. The van der Waals surface area contributed by atoms with Crippen LogP contribution in [0.1, 0.15) is 29.7 Å². The molecule has 1 aliphatic heterocycles. The maximum Gasteiger partial charge on any atom is 0.223 e. The van der Waals surface area contributed by atoms with Crippen LogP contribution in [0, 0.1) is 12.8 Å². The van der Waals surface area contributed by atoms with E-state index in [0.717, 1.165) is 37.3 Å². The van der Waals surface area contributed by atoms with Crippen LogP contribution in [0.4, 0.5) is 0 Å². The van der Waals surface area contributed by atoms with Crippen molar-refractivity contribution < 1.29 is 4.79 Å². The van der Waals surface area contributed by atoms with Gasteiger partial charge in [0.15, 0.2) is 0 Å². The summed E-state index contributed by atoms with van der Waals surface area (Å²) in [6.45, 7) is 4.86. The fourth-order valence-electron chi connectivity index (χ4n) is 2.87. The summed E-state index contributed by atoms with van der Waals surface area (Å²) in [5, 5.41) is 5.26. The number of nitrogens with zero attached hydrogens (tertiary/aromatic N) is 2. The van der Waals surface area contributed by atoms with Gasteiger partial charge in [-0.05, 0) is 31.2 Å². The first-order valence-electron chi connectivity index (χ1n) is 7.47. The summed E-state index contributed by atoms with van der Waals surface area (Å²) in [4.78, 5) is 18.1. The van der Waals surface area contributed by atoms with Crippen molar-refractivity contribution in [3.05, 3.63) is 40.1 Å². The molecule has 0 aromatic carbocycles. The molecule has 0 saturated heterocycles. The molecule has 112 valence electrons. The zero-order valence-corrected chi connectivity index (χ0v) is 13.3. The van der Waals surface area contributed by atoms with Gasteiger partial charge in [-0.15, -0.1) is 11.3 Å². The van der Waals surface area contributed by atoms with E-state index in [0.29, 0.717) is 0 Å². The number of hydrogen-bond acceptors (Lipinski definition) is 3. The van der Waals surface area contributed by atoms with Crippen molar-refractivity contribution in [3.8, 4) is 0 Å². The second kappa shape index (κ2) is 6.02. The van der Waals surface area contributed by atoms with Gasteiger partial charge in [0, 0.05) is 36.0 Å². The van der Waals surface area contributed by atoms with Crippen LogP contribution in [-0.2, 0) is 24.2 Å². The van der Waals surface area contributed by atoms with Crippen LogP contribution in [0.25, 0.3) is 0 Å². The molecule has 1 N–H and O–H groups in total. The predicted octanol–water partition coefficient (Wildman–Crippen LogP) is 2.56. The van der Waals surface area contributed by atoms with Crippen molar-refractivity contribution in [2.24, 2.45) is 5.92 Å². The van der Waals surface area contributed by atoms with Gasteiger partial charge in [0.2, 0.25) is 5.91 Å². The number of thiophene rings is 1. The lowest BCUT2D eigenvalue weighted by Gasteiger charge is -2.26. The lowest BCUT2D eigenvalue weighted by Crippen LogP contribution is -2.43. The Kier molecular flexibility index (Phi) is 4.10. The number of hydrogen-bond donors (Lipinski definition) is 1. The van der Waals surface area contributed by atoms with Gasteiger partial charge in [-0.3, -0.25) is 4.79 Å². The standard InChI is InChI=1S/C16H21N3OS/c1-11(8-14-4-3-7-21-14)16(20)18-13-5-6-15-17-12(2)9-19(15)10-13/h3-4,7,9,11,13H,5-6,8,10H2,1-2H3,(H,18,20).